The van der Waals surface area contributed by atoms with Crippen LogP contribution in [-0.4, -0.2) is 61.5 Å². The van der Waals surface area contributed by atoms with Gasteiger partial charge in [-0.05, 0) is 43.5 Å². The summed E-state index contributed by atoms with van der Waals surface area (Å²) < 4.78 is 6.96. The smallest absolute Gasteiger partial charge is 0.256 e. The van der Waals surface area contributed by atoms with Crippen LogP contribution in [0.2, 0.25) is 0 Å². The van der Waals surface area contributed by atoms with Crippen molar-refractivity contribution in [3.8, 4) is 11.3 Å². The first-order valence-corrected chi connectivity index (χ1v) is 12.3. The highest BCUT2D eigenvalue weighted by atomic mass is 16.5. The Morgan fingerprint density at radius 3 is 2.79 bits per heavy atom. The first-order valence-electron chi connectivity index (χ1n) is 12.3. The third-order valence-corrected chi connectivity index (χ3v) is 6.45. The number of rotatable bonds is 7. The molecule has 1 aromatic carbocycles. The molecule has 0 unspecified atom stereocenters. The lowest BCUT2D eigenvalue weighted by Crippen LogP contribution is -2.38. The number of hydrogen-bond acceptors (Lipinski definition) is 8. The Kier molecular flexibility index (Phi) is 7.36. The van der Waals surface area contributed by atoms with E-state index in [2.05, 4.69) is 20.5 Å². The van der Waals surface area contributed by atoms with Gasteiger partial charge in [-0.2, -0.15) is 5.10 Å². The average molecular weight is 513 g/mol. The number of likely N-dealkylation sites (tertiary alicyclic amines) is 1. The van der Waals surface area contributed by atoms with Gasteiger partial charge < -0.3 is 20.7 Å². The molecule has 4 aromatic rings. The summed E-state index contributed by atoms with van der Waals surface area (Å²) in [5, 5.41) is 10.4. The van der Waals surface area contributed by atoms with E-state index in [-0.39, 0.29) is 17.9 Å². The Morgan fingerprint density at radius 1 is 1.18 bits per heavy atom. The van der Waals surface area contributed by atoms with Crippen molar-refractivity contribution in [2.75, 3.05) is 31.3 Å². The highest BCUT2D eigenvalue weighted by Crippen LogP contribution is 2.36. The Balaban J connectivity index is 1.48. The van der Waals surface area contributed by atoms with Crippen molar-refractivity contribution in [3.63, 3.8) is 0 Å². The van der Waals surface area contributed by atoms with Crippen molar-refractivity contribution in [2.45, 2.75) is 25.3 Å². The highest BCUT2D eigenvalue weighted by molar-refractivity contribution is 6.04. The second kappa shape index (κ2) is 11.2. The first-order chi connectivity index (χ1) is 18.6. The van der Waals surface area contributed by atoms with Crippen molar-refractivity contribution >= 4 is 29.0 Å². The number of methoxy groups -OCH3 is 1. The van der Waals surface area contributed by atoms with Gasteiger partial charge in [0.05, 0.1) is 12.6 Å². The molecule has 38 heavy (non-hydrogen) atoms. The number of aromatic nitrogens is 5. The van der Waals surface area contributed by atoms with Crippen LogP contribution in [0, 0.1) is 0 Å². The molecule has 1 saturated heterocycles. The van der Waals surface area contributed by atoms with Crippen LogP contribution in [0.25, 0.3) is 16.8 Å². The van der Waals surface area contributed by atoms with E-state index < -0.39 is 0 Å². The molecule has 3 aromatic heterocycles. The number of fused-ring (bicyclic) bond motifs is 1. The van der Waals surface area contributed by atoms with E-state index in [4.69, 9.17) is 15.5 Å². The van der Waals surface area contributed by atoms with Gasteiger partial charge in [-0.3, -0.25) is 14.0 Å². The molecule has 1 fully saturated rings. The number of piperidine rings is 1. The van der Waals surface area contributed by atoms with Crippen LogP contribution in [0.3, 0.4) is 0 Å². The van der Waals surface area contributed by atoms with Gasteiger partial charge >= 0.3 is 0 Å². The zero-order valence-corrected chi connectivity index (χ0v) is 20.9. The maximum absolute atomic E-state index is 13.0. The molecule has 4 heterocycles. The number of nitrogens with two attached hydrogens (primary N) is 1. The average Bonchev–Trinajstić information content (AvgIpc) is 3.34. The Bertz CT molecular complexity index is 1470. The number of imidazole rings is 1. The summed E-state index contributed by atoms with van der Waals surface area (Å²) in [6, 6.07) is 10.2. The first kappa shape index (κ1) is 25.0. The third-order valence-electron chi connectivity index (χ3n) is 6.45. The predicted octanol–water partition coefficient (Wildman–Crippen LogP) is 3.28. The van der Waals surface area contributed by atoms with Crippen LogP contribution < -0.4 is 11.1 Å². The number of ether oxygens (including phenoxy) is 1. The molecule has 194 valence electrons. The number of nitrogen functional groups attached to an aromatic ring is 1. The normalized spacial score (nSPS) is 15.7. The molecular weight excluding hydrogens is 484 g/mol. The number of hydrogen-bond donors (Lipinski definition) is 2. The molecule has 3 N–H and O–H groups in total. The van der Waals surface area contributed by atoms with Crippen LogP contribution in [-0.2, 0) is 9.53 Å². The number of amides is 2. The topological polar surface area (TPSA) is 141 Å². The molecule has 5 rings (SSSR count). The maximum atomic E-state index is 13.0. The van der Waals surface area contributed by atoms with E-state index in [1.165, 1.54) is 6.20 Å². The molecule has 1 aliphatic heterocycles. The van der Waals surface area contributed by atoms with Crippen LogP contribution >= 0.6 is 0 Å². The quantitative estimate of drug-likeness (QED) is 0.360. The van der Waals surface area contributed by atoms with Gasteiger partial charge in [-0.1, -0.05) is 18.2 Å². The lowest BCUT2D eigenvalue weighted by atomic mass is 10.0. The molecule has 0 aliphatic carbocycles. The maximum Gasteiger partial charge on any atom is 0.256 e. The Morgan fingerprint density at radius 2 is 2.03 bits per heavy atom. The molecule has 11 nitrogen and oxygen atoms in total. The molecule has 0 radical (unpaired) electrons. The number of nitrogens with one attached hydrogen (secondary N) is 1. The van der Waals surface area contributed by atoms with Crippen molar-refractivity contribution in [1.29, 1.82) is 0 Å². The van der Waals surface area contributed by atoms with Gasteiger partial charge in [-0.15, -0.1) is 5.10 Å². The molecule has 1 atom stereocenters. The minimum Gasteiger partial charge on any atom is -0.382 e. The molecular formula is C27H28N8O3. The Labute approximate surface area is 219 Å². The summed E-state index contributed by atoms with van der Waals surface area (Å²) in [6.07, 6.45) is 10.9. The lowest BCUT2D eigenvalue weighted by molar-refractivity contribution is -0.130. The molecule has 2 amide bonds. The summed E-state index contributed by atoms with van der Waals surface area (Å²) >= 11 is 0. The van der Waals surface area contributed by atoms with Crippen molar-refractivity contribution in [3.05, 3.63) is 78.5 Å². The lowest BCUT2D eigenvalue weighted by Gasteiger charge is -2.34. The van der Waals surface area contributed by atoms with Crippen molar-refractivity contribution in [2.24, 2.45) is 0 Å². The number of carbonyl (C=O) groups is 2. The molecule has 11 heteroatoms. The van der Waals surface area contributed by atoms with Gasteiger partial charge in [0.2, 0.25) is 5.91 Å². The second-order valence-electron chi connectivity index (χ2n) is 8.89. The summed E-state index contributed by atoms with van der Waals surface area (Å²) in [5.41, 5.74) is 8.86. The van der Waals surface area contributed by atoms with E-state index >= 15 is 0 Å². The summed E-state index contributed by atoms with van der Waals surface area (Å²) in [5.74, 6) is 1.05. The molecule has 0 spiro atoms. The van der Waals surface area contributed by atoms with Gasteiger partial charge in [0.1, 0.15) is 22.9 Å². The zero-order valence-electron chi connectivity index (χ0n) is 20.9. The largest absolute Gasteiger partial charge is 0.382 e. The minimum atomic E-state index is -0.300. The zero-order chi connectivity index (χ0) is 26.5. The Hall–Kier alpha value is -4.64. The van der Waals surface area contributed by atoms with E-state index in [9.17, 15) is 9.59 Å². The fraction of sp³-hybridized carbons (Fsp3) is 0.259. The van der Waals surface area contributed by atoms with Gasteiger partial charge in [0.15, 0.2) is 5.82 Å². The van der Waals surface area contributed by atoms with Crippen LogP contribution in [0.15, 0.2) is 67.1 Å². The number of carbonyl (C=O) groups excluding carboxylic acids is 2. The fourth-order valence-corrected chi connectivity index (χ4v) is 4.66. The summed E-state index contributed by atoms with van der Waals surface area (Å²) in [7, 11) is 1.59. The molecule has 1 aliphatic rings. The third kappa shape index (κ3) is 5.09. The SMILES string of the molecule is COCC=CC(=O)N1CCCC[C@H]1c1nc(-c2ccc(C(=O)Nc3cccnn3)cc2)c2c(N)nccn12. The number of anilines is 2. The standard InChI is InChI=1S/C27H28N8O3/c1-38-17-5-8-22(36)34-15-3-2-6-20(34)26-32-23(24-25(28)29-14-16-35(24)26)18-9-11-19(12-10-18)27(37)31-21-7-4-13-30-33-21/h4-5,7-14,16,20H,2-3,6,15,17H2,1H3,(H2,28,29)(H,31,33,37)/t20-/m0/s1. The summed E-state index contributed by atoms with van der Waals surface area (Å²) in [6.45, 7) is 1.01. The monoisotopic (exact) mass is 512 g/mol. The second-order valence-corrected chi connectivity index (χ2v) is 8.89. The van der Waals surface area contributed by atoms with Gasteiger partial charge in [0, 0.05) is 49.4 Å². The van der Waals surface area contributed by atoms with Crippen LogP contribution in [0.1, 0.15) is 41.5 Å². The fourth-order valence-electron chi connectivity index (χ4n) is 4.66. The van der Waals surface area contributed by atoms with E-state index in [0.29, 0.717) is 41.6 Å². The molecule has 0 bridgehead atoms. The van der Waals surface area contributed by atoms with E-state index in [1.54, 1.807) is 49.7 Å². The number of benzene rings is 1. The van der Waals surface area contributed by atoms with E-state index in [1.807, 2.05) is 27.6 Å². The summed E-state index contributed by atoms with van der Waals surface area (Å²) in [4.78, 5) is 36.8. The van der Waals surface area contributed by atoms with Crippen molar-refractivity contribution < 1.29 is 14.3 Å². The predicted molar refractivity (Wildman–Crippen MR) is 142 cm³/mol. The van der Waals surface area contributed by atoms with Crippen LogP contribution in [0.4, 0.5) is 11.6 Å². The van der Waals surface area contributed by atoms with Gasteiger partial charge in [0.25, 0.3) is 5.91 Å². The highest BCUT2D eigenvalue weighted by Gasteiger charge is 2.31. The minimum absolute atomic E-state index is 0.0782. The van der Waals surface area contributed by atoms with E-state index in [0.717, 1.165) is 30.7 Å². The number of nitrogens with zero attached hydrogens (tertiary/aromatic N) is 6. The van der Waals surface area contributed by atoms with Gasteiger partial charge in [-0.25, -0.2) is 9.97 Å². The van der Waals surface area contributed by atoms with Crippen LogP contribution in [0.5, 0.6) is 0 Å². The molecule has 0 saturated carbocycles. The van der Waals surface area contributed by atoms with Crippen molar-refractivity contribution in [1.82, 2.24) is 29.5 Å².